The van der Waals surface area contributed by atoms with E-state index in [9.17, 15) is 9.59 Å². The van der Waals surface area contributed by atoms with Crippen LogP contribution in [-0.2, 0) is 0 Å². The first-order chi connectivity index (χ1) is 10.6. The molecule has 0 unspecified atom stereocenters. The van der Waals surface area contributed by atoms with Crippen LogP contribution in [-0.4, -0.2) is 26.0 Å². The van der Waals surface area contributed by atoms with E-state index in [2.05, 4.69) is 10.6 Å². The predicted molar refractivity (Wildman–Crippen MR) is 85.5 cm³/mol. The van der Waals surface area contributed by atoms with Gasteiger partial charge in [-0.3, -0.25) is 9.59 Å². The molecule has 2 rings (SSSR count). The van der Waals surface area contributed by atoms with E-state index < -0.39 is 0 Å². The molecule has 2 aromatic rings. The Morgan fingerprint density at radius 3 is 2.36 bits per heavy atom. The maximum Gasteiger partial charge on any atom is 0.255 e. The van der Waals surface area contributed by atoms with Crippen molar-refractivity contribution in [3.8, 4) is 5.75 Å². The van der Waals surface area contributed by atoms with E-state index in [-0.39, 0.29) is 11.8 Å². The zero-order chi connectivity index (χ0) is 16.1. The van der Waals surface area contributed by atoms with Gasteiger partial charge in [-0.2, -0.15) is 0 Å². The van der Waals surface area contributed by atoms with Gasteiger partial charge in [0.1, 0.15) is 5.75 Å². The number of methoxy groups -OCH3 is 1. The van der Waals surface area contributed by atoms with Crippen LogP contribution in [0.1, 0.15) is 26.3 Å². The highest BCUT2D eigenvalue weighted by Crippen LogP contribution is 2.23. The van der Waals surface area contributed by atoms with Crippen molar-refractivity contribution in [2.24, 2.45) is 0 Å². The van der Waals surface area contributed by atoms with Gasteiger partial charge in [-0.15, -0.1) is 0 Å². The second-order valence-corrected chi connectivity index (χ2v) is 4.76. The van der Waals surface area contributed by atoms with Gasteiger partial charge in [0.2, 0.25) is 0 Å². The summed E-state index contributed by atoms with van der Waals surface area (Å²) in [5.41, 5.74) is 2.23. The second-order valence-electron chi connectivity index (χ2n) is 4.76. The summed E-state index contributed by atoms with van der Waals surface area (Å²) >= 11 is 0. The lowest BCUT2D eigenvalue weighted by Gasteiger charge is -2.12. The summed E-state index contributed by atoms with van der Waals surface area (Å²) in [4.78, 5) is 24.3. The Bertz CT molecular complexity index is 711. The number of carbonyl (C=O) groups excluding carboxylic acids is 2. The Morgan fingerprint density at radius 2 is 1.73 bits per heavy atom. The number of nitrogens with one attached hydrogen (secondary N) is 2. The van der Waals surface area contributed by atoms with Crippen molar-refractivity contribution in [3.05, 3.63) is 59.2 Å². The fourth-order valence-corrected chi connectivity index (χ4v) is 2.10. The number of hydrogen-bond acceptors (Lipinski definition) is 3. The van der Waals surface area contributed by atoms with E-state index in [1.165, 1.54) is 14.2 Å². The molecule has 0 aliphatic carbocycles. The average molecular weight is 298 g/mol. The van der Waals surface area contributed by atoms with Crippen LogP contribution in [0, 0.1) is 6.92 Å². The topological polar surface area (TPSA) is 67.4 Å². The highest BCUT2D eigenvalue weighted by atomic mass is 16.5. The molecule has 0 saturated carbocycles. The van der Waals surface area contributed by atoms with Crippen LogP contribution in [0.3, 0.4) is 0 Å². The van der Waals surface area contributed by atoms with E-state index in [1.54, 1.807) is 30.3 Å². The molecule has 2 N–H and O–H groups in total. The average Bonchev–Trinajstić information content (AvgIpc) is 2.54. The standard InChI is InChI=1S/C17H18N2O3/c1-11-6-4-5-7-13(11)17(21)19-15-9-8-12(22-3)10-14(15)16(20)18-2/h4-10H,1-3H3,(H,18,20)(H,19,21). The molecule has 0 heterocycles. The van der Waals surface area contributed by atoms with Crippen molar-refractivity contribution in [3.63, 3.8) is 0 Å². The lowest BCUT2D eigenvalue weighted by atomic mass is 10.1. The number of anilines is 1. The van der Waals surface area contributed by atoms with Crippen LogP contribution in [0.15, 0.2) is 42.5 Å². The number of rotatable bonds is 4. The maximum absolute atomic E-state index is 12.4. The normalized spacial score (nSPS) is 9.95. The van der Waals surface area contributed by atoms with E-state index in [0.717, 1.165) is 5.56 Å². The second kappa shape index (κ2) is 6.76. The zero-order valence-electron chi connectivity index (χ0n) is 12.8. The fourth-order valence-electron chi connectivity index (χ4n) is 2.10. The molecule has 0 spiro atoms. The van der Waals surface area contributed by atoms with E-state index in [4.69, 9.17) is 4.74 Å². The monoisotopic (exact) mass is 298 g/mol. The van der Waals surface area contributed by atoms with Crippen LogP contribution in [0.25, 0.3) is 0 Å². The van der Waals surface area contributed by atoms with E-state index >= 15 is 0 Å². The molecule has 2 aromatic carbocycles. The van der Waals surface area contributed by atoms with Gasteiger partial charge in [0.15, 0.2) is 0 Å². The van der Waals surface area contributed by atoms with Crippen molar-refractivity contribution >= 4 is 17.5 Å². The Hall–Kier alpha value is -2.82. The van der Waals surface area contributed by atoms with Gasteiger partial charge in [-0.25, -0.2) is 0 Å². The molecule has 5 heteroatoms. The lowest BCUT2D eigenvalue weighted by molar-refractivity contribution is 0.0963. The third-order valence-corrected chi connectivity index (χ3v) is 3.34. The molecule has 0 aromatic heterocycles. The van der Waals surface area contributed by atoms with Crippen LogP contribution in [0.5, 0.6) is 5.75 Å². The van der Waals surface area contributed by atoms with Gasteiger partial charge >= 0.3 is 0 Å². The SMILES string of the molecule is CNC(=O)c1cc(OC)ccc1NC(=O)c1ccccc1C. The number of benzene rings is 2. The summed E-state index contributed by atoms with van der Waals surface area (Å²) < 4.78 is 5.12. The Morgan fingerprint density at radius 1 is 1.00 bits per heavy atom. The summed E-state index contributed by atoms with van der Waals surface area (Å²) in [7, 11) is 3.06. The summed E-state index contributed by atoms with van der Waals surface area (Å²) in [6.45, 7) is 1.86. The van der Waals surface area contributed by atoms with Crippen LogP contribution in [0.2, 0.25) is 0 Å². The molecule has 0 bridgehead atoms. The van der Waals surface area contributed by atoms with Gasteiger partial charge in [0, 0.05) is 12.6 Å². The molecule has 2 amide bonds. The van der Waals surface area contributed by atoms with Gasteiger partial charge < -0.3 is 15.4 Å². The van der Waals surface area contributed by atoms with Crippen molar-refractivity contribution in [1.29, 1.82) is 0 Å². The first kappa shape index (κ1) is 15.6. The van der Waals surface area contributed by atoms with Crippen LogP contribution in [0.4, 0.5) is 5.69 Å². The summed E-state index contributed by atoms with van der Waals surface area (Å²) in [6, 6.07) is 12.2. The molecule has 114 valence electrons. The van der Waals surface area contributed by atoms with Crippen molar-refractivity contribution in [1.82, 2.24) is 5.32 Å². The number of aryl methyl sites for hydroxylation is 1. The quantitative estimate of drug-likeness (QED) is 0.911. The Balaban J connectivity index is 2.35. The molecular formula is C17H18N2O3. The summed E-state index contributed by atoms with van der Waals surface area (Å²) in [5.74, 6) is -0.0000980. The molecule has 5 nitrogen and oxygen atoms in total. The maximum atomic E-state index is 12.4. The van der Waals surface area contributed by atoms with Crippen molar-refractivity contribution in [2.75, 3.05) is 19.5 Å². The van der Waals surface area contributed by atoms with Gasteiger partial charge in [0.05, 0.1) is 18.4 Å². The first-order valence-electron chi connectivity index (χ1n) is 6.84. The smallest absolute Gasteiger partial charge is 0.255 e. The van der Waals surface area contributed by atoms with Gasteiger partial charge in [-0.05, 0) is 36.8 Å². The molecule has 0 radical (unpaired) electrons. The number of amides is 2. The summed E-state index contributed by atoms with van der Waals surface area (Å²) in [6.07, 6.45) is 0. The van der Waals surface area contributed by atoms with Gasteiger partial charge in [0.25, 0.3) is 11.8 Å². The van der Waals surface area contributed by atoms with E-state index in [0.29, 0.717) is 22.6 Å². The first-order valence-corrected chi connectivity index (χ1v) is 6.84. The zero-order valence-corrected chi connectivity index (χ0v) is 12.8. The van der Waals surface area contributed by atoms with E-state index in [1.807, 2.05) is 19.1 Å². The third kappa shape index (κ3) is 3.25. The highest BCUT2D eigenvalue weighted by molar-refractivity contribution is 6.09. The molecular weight excluding hydrogens is 280 g/mol. The lowest BCUT2D eigenvalue weighted by Crippen LogP contribution is -2.22. The van der Waals surface area contributed by atoms with Crippen LogP contribution < -0.4 is 15.4 Å². The number of hydrogen-bond donors (Lipinski definition) is 2. The third-order valence-electron chi connectivity index (χ3n) is 3.34. The Labute approximate surface area is 129 Å². The molecule has 0 saturated heterocycles. The molecule has 0 atom stereocenters. The number of ether oxygens (including phenoxy) is 1. The minimum absolute atomic E-state index is 0.256. The minimum Gasteiger partial charge on any atom is -0.497 e. The van der Waals surface area contributed by atoms with Crippen molar-refractivity contribution in [2.45, 2.75) is 6.92 Å². The molecule has 0 fully saturated rings. The van der Waals surface area contributed by atoms with Crippen LogP contribution >= 0.6 is 0 Å². The molecule has 0 aliphatic rings. The highest BCUT2D eigenvalue weighted by Gasteiger charge is 2.15. The molecule has 0 aliphatic heterocycles. The number of carbonyl (C=O) groups is 2. The molecule has 22 heavy (non-hydrogen) atoms. The van der Waals surface area contributed by atoms with Crippen molar-refractivity contribution < 1.29 is 14.3 Å². The predicted octanol–water partition coefficient (Wildman–Crippen LogP) is 2.62. The summed E-state index contributed by atoms with van der Waals surface area (Å²) in [5, 5.41) is 5.33. The fraction of sp³-hybridized carbons (Fsp3) is 0.176. The largest absolute Gasteiger partial charge is 0.497 e. The minimum atomic E-state index is -0.293. The van der Waals surface area contributed by atoms with Gasteiger partial charge in [-0.1, -0.05) is 18.2 Å². The Kier molecular flexibility index (Phi) is 4.78.